The van der Waals surface area contributed by atoms with Gasteiger partial charge in [0.25, 0.3) is 11.6 Å². The van der Waals surface area contributed by atoms with E-state index < -0.39 is 4.92 Å². The number of ether oxygens (including phenoxy) is 1. The number of amides is 1. The first-order chi connectivity index (χ1) is 16.5. The Kier molecular flexibility index (Phi) is 6.26. The van der Waals surface area contributed by atoms with Crippen molar-refractivity contribution in [1.29, 1.82) is 0 Å². The molecule has 1 unspecified atom stereocenters. The molecule has 0 N–H and O–H groups in total. The van der Waals surface area contributed by atoms with Crippen LogP contribution in [0.25, 0.3) is 10.2 Å². The van der Waals surface area contributed by atoms with Gasteiger partial charge in [-0.05, 0) is 48.9 Å². The maximum Gasteiger partial charge on any atom is 0.284 e. The average molecular weight is 497 g/mol. The maximum absolute atomic E-state index is 13.6. The molecule has 0 saturated carbocycles. The predicted molar refractivity (Wildman–Crippen MR) is 128 cm³/mol. The van der Waals surface area contributed by atoms with Gasteiger partial charge in [-0.2, -0.15) is 0 Å². The SMILES string of the molecule is Cn1cnnc1Sc1ccc(C(=O)N(CC2CCCO2)c2nc3ccccc3s2)cc1[N+](=O)[O-]. The number of aromatic nitrogens is 4. The summed E-state index contributed by atoms with van der Waals surface area (Å²) >= 11 is 2.53. The molecule has 5 rings (SSSR count). The van der Waals surface area contributed by atoms with E-state index in [-0.39, 0.29) is 23.3 Å². The lowest BCUT2D eigenvalue weighted by Crippen LogP contribution is -2.37. The van der Waals surface area contributed by atoms with Crippen molar-refractivity contribution < 1.29 is 14.5 Å². The van der Waals surface area contributed by atoms with Crippen LogP contribution < -0.4 is 4.90 Å². The Morgan fingerprint density at radius 1 is 1.35 bits per heavy atom. The van der Waals surface area contributed by atoms with Crippen LogP contribution in [0.1, 0.15) is 23.2 Å². The van der Waals surface area contributed by atoms with E-state index in [0.717, 1.165) is 34.8 Å². The number of anilines is 1. The van der Waals surface area contributed by atoms with Crippen LogP contribution in [0.5, 0.6) is 0 Å². The highest BCUT2D eigenvalue weighted by Gasteiger charge is 2.29. The van der Waals surface area contributed by atoms with Gasteiger partial charge in [0, 0.05) is 25.3 Å². The monoisotopic (exact) mass is 496 g/mol. The van der Waals surface area contributed by atoms with Crippen LogP contribution in [-0.4, -0.2) is 49.8 Å². The van der Waals surface area contributed by atoms with Crippen molar-refractivity contribution in [2.45, 2.75) is 29.0 Å². The van der Waals surface area contributed by atoms with Crippen molar-refractivity contribution in [3.63, 3.8) is 0 Å². The Balaban J connectivity index is 1.50. The highest BCUT2D eigenvalue weighted by atomic mass is 32.2. The third kappa shape index (κ3) is 4.52. The van der Waals surface area contributed by atoms with Crippen LogP contribution in [0.15, 0.2) is 58.8 Å². The molecule has 1 amide bonds. The third-order valence-electron chi connectivity index (χ3n) is 5.44. The van der Waals surface area contributed by atoms with Crippen LogP contribution in [-0.2, 0) is 11.8 Å². The van der Waals surface area contributed by atoms with E-state index in [1.54, 1.807) is 28.6 Å². The number of benzene rings is 2. The first-order valence-electron chi connectivity index (χ1n) is 10.6. The van der Waals surface area contributed by atoms with Gasteiger partial charge in [0.1, 0.15) is 6.33 Å². The lowest BCUT2D eigenvalue weighted by molar-refractivity contribution is -0.387. The van der Waals surface area contributed by atoms with Gasteiger partial charge in [0.05, 0.1) is 32.7 Å². The van der Waals surface area contributed by atoms with Gasteiger partial charge in [-0.3, -0.25) is 19.8 Å². The van der Waals surface area contributed by atoms with Gasteiger partial charge in [0.2, 0.25) is 0 Å². The molecule has 4 aromatic rings. The van der Waals surface area contributed by atoms with Crippen LogP contribution in [0.4, 0.5) is 10.8 Å². The largest absolute Gasteiger partial charge is 0.376 e. The fraction of sp³-hybridized carbons (Fsp3) is 0.273. The molecule has 10 nitrogen and oxygen atoms in total. The van der Waals surface area contributed by atoms with Gasteiger partial charge in [0.15, 0.2) is 10.3 Å². The Bertz CT molecular complexity index is 1330. The zero-order chi connectivity index (χ0) is 23.7. The van der Waals surface area contributed by atoms with E-state index in [4.69, 9.17) is 4.74 Å². The number of carbonyl (C=O) groups is 1. The molecule has 0 radical (unpaired) electrons. The van der Waals surface area contributed by atoms with Crippen molar-refractivity contribution in [3.05, 3.63) is 64.5 Å². The number of para-hydroxylation sites is 1. The number of rotatable bonds is 7. The quantitative estimate of drug-likeness (QED) is 0.274. The zero-order valence-electron chi connectivity index (χ0n) is 18.2. The molecular formula is C22H20N6O4S2. The number of nitro groups is 1. The highest BCUT2D eigenvalue weighted by Crippen LogP contribution is 2.36. The normalized spacial score (nSPS) is 15.6. The molecule has 1 saturated heterocycles. The molecule has 1 aliphatic rings. The van der Waals surface area contributed by atoms with E-state index in [0.29, 0.717) is 28.3 Å². The van der Waals surface area contributed by atoms with Crippen molar-refractivity contribution in [2.24, 2.45) is 7.05 Å². The maximum atomic E-state index is 13.6. The lowest BCUT2D eigenvalue weighted by atomic mass is 10.1. The van der Waals surface area contributed by atoms with Crippen molar-refractivity contribution in [3.8, 4) is 0 Å². The number of fused-ring (bicyclic) bond motifs is 1. The molecule has 1 aliphatic heterocycles. The summed E-state index contributed by atoms with van der Waals surface area (Å²) in [5, 5.41) is 20.7. The topological polar surface area (TPSA) is 116 Å². The second-order valence-electron chi connectivity index (χ2n) is 7.78. The first kappa shape index (κ1) is 22.4. The summed E-state index contributed by atoms with van der Waals surface area (Å²) in [4.78, 5) is 31.6. The fourth-order valence-corrected chi connectivity index (χ4v) is 5.54. The molecule has 2 aromatic heterocycles. The minimum atomic E-state index is -0.489. The summed E-state index contributed by atoms with van der Waals surface area (Å²) in [5.41, 5.74) is 0.848. The van der Waals surface area contributed by atoms with Crippen molar-refractivity contribution >= 4 is 50.0 Å². The summed E-state index contributed by atoms with van der Waals surface area (Å²) in [5.74, 6) is -0.354. The lowest BCUT2D eigenvalue weighted by Gasteiger charge is -2.23. The summed E-state index contributed by atoms with van der Waals surface area (Å²) in [6.45, 7) is 0.994. The molecule has 174 valence electrons. The second-order valence-corrected chi connectivity index (χ2v) is 9.80. The Hall–Kier alpha value is -3.35. The van der Waals surface area contributed by atoms with Gasteiger partial charge in [-0.25, -0.2) is 4.98 Å². The first-order valence-corrected chi connectivity index (χ1v) is 12.2. The van der Waals surface area contributed by atoms with Crippen molar-refractivity contribution in [2.75, 3.05) is 18.1 Å². The summed E-state index contributed by atoms with van der Waals surface area (Å²) in [6.07, 6.45) is 3.21. The number of hydrogen-bond acceptors (Lipinski definition) is 9. The number of thiazole rings is 1. The highest BCUT2D eigenvalue weighted by molar-refractivity contribution is 7.99. The number of nitrogens with zero attached hydrogens (tertiary/aromatic N) is 6. The number of aryl methyl sites for hydroxylation is 1. The standard InChI is InChI=1S/C22H20N6O4S2/c1-26-13-23-25-22(26)34-19-9-8-14(11-17(19)28(30)31)20(29)27(12-15-5-4-10-32-15)21-24-16-6-2-3-7-18(16)33-21/h2-3,6-9,11,13,15H,4-5,10,12H2,1H3. The summed E-state index contributed by atoms with van der Waals surface area (Å²) in [6, 6.07) is 12.2. The minimum absolute atomic E-state index is 0.100. The van der Waals surface area contributed by atoms with Crippen LogP contribution in [0.3, 0.4) is 0 Å². The van der Waals surface area contributed by atoms with E-state index in [2.05, 4.69) is 15.2 Å². The smallest absolute Gasteiger partial charge is 0.284 e. The molecule has 0 spiro atoms. The zero-order valence-corrected chi connectivity index (χ0v) is 19.8. The van der Waals surface area contributed by atoms with E-state index in [9.17, 15) is 14.9 Å². The van der Waals surface area contributed by atoms with Crippen molar-refractivity contribution in [1.82, 2.24) is 19.7 Å². The van der Waals surface area contributed by atoms with E-state index >= 15 is 0 Å². The minimum Gasteiger partial charge on any atom is -0.376 e. The van der Waals surface area contributed by atoms with E-state index in [1.165, 1.54) is 23.7 Å². The number of nitro benzene ring substituents is 1. The molecule has 1 fully saturated rings. The molecule has 2 aromatic carbocycles. The van der Waals surface area contributed by atoms with E-state index in [1.807, 2.05) is 24.3 Å². The molecule has 1 atom stereocenters. The van der Waals surface area contributed by atoms with Gasteiger partial charge in [-0.15, -0.1) is 10.2 Å². The molecule has 34 heavy (non-hydrogen) atoms. The molecule has 0 aliphatic carbocycles. The Morgan fingerprint density at radius 3 is 2.91 bits per heavy atom. The van der Waals surface area contributed by atoms with Crippen LogP contribution >= 0.6 is 23.1 Å². The molecule has 0 bridgehead atoms. The summed E-state index contributed by atoms with van der Waals surface area (Å²) < 4.78 is 8.40. The van der Waals surface area contributed by atoms with Gasteiger partial charge in [-0.1, -0.05) is 23.5 Å². The second kappa shape index (κ2) is 9.49. The van der Waals surface area contributed by atoms with Gasteiger partial charge < -0.3 is 9.30 Å². The predicted octanol–water partition coefficient (Wildman–Crippen LogP) is 4.31. The third-order valence-corrected chi connectivity index (χ3v) is 7.62. The molecule has 12 heteroatoms. The Morgan fingerprint density at radius 2 is 2.21 bits per heavy atom. The van der Waals surface area contributed by atoms with Crippen LogP contribution in [0.2, 0.25) is 0 Å². The fourth-order valence-electron chi connectivity index (χ4n) is 3.71. The summed E-state index contributed by atoms with van der Waals surface area (Å²) in [7, 11) is 1.76. The Labute approximate surface area is 202 Å². The van der Waals surface area contributed by atoms with Crippen LogP contribution in [0, 0.1) is 10.1 Å². The van der Waals surface area contributed by atoms with Gasteiger partial charge >= 0.3 is 0 Å². The molecule has 3 heterocycles. The number of hydrogen-bond donors (Lipinski definition) is 0. The molecular weight excluding hydrogens is 476 g/mol. The number of carbonyl (C=O) groups excluding carboxylic acids is 1. The average Bonchev–Trinajstić information content (AvgIpc) is 3.58.